The van der Waals surface area contributed by atoms with Crippen LogP contribution < -0.4 is 10.1 Å². The van der Waals surface area contributed by atoms with Crippen molar-refractivity contribution in [3.05, 3.63) is 42.5 Å². The fraction of sp³-hybridized carbons (Fsp3) is 0.412. The summed E-state index contributed by atoms with van der Waals surface area (Å²) in [6, 6.07) is 6.68. The van der Waals surface area contributed by atoms with Gasteiger partial charge in [0.25, 0.3) is 5.91 Å². The molecular formula is C17H21NO5. The van der Waals surface area contributed by atoms with Gasteiger partial charge in [0.05, 0.1) is 5.41 Å². The predicted molar refractivity (Wildman–Crippen MR) is 84.6 cm³/mol. The maximum absolute atomic E-state index is 12.2. The smallest absolute Gasteiger partial charge is 0.311 e. The van der Waals surface area contributed by atoms with E-state index in [1.807, 2.05) is 0 Å². The van der Waals surface area contributed by atoms with Crippen molar-refractivity contribution in [3.8, 4) is 5.75 Å². The third-order valence-electron chi connectivity index (χ3n) is 3.98. The lowest BCUT2D eigenvalue weighted by Crippen LogP contribution is -2.46. The maximum atomic E-state index is 12.2. The van der Waals surface area contributed by atoms with Gasteiger partial charge in [-0.15, -0.1) is 0 Å². The highest BCUT2D eigenvalue weighted by atomic mass is 16.5. The predicted octanol–water partition coefficient (Wildman–Crippen LogP) is 1.86. The van der Waals surface area contributed by atoms with E-state index in [1.54, 1.807) is 30.3 Å². The molecule has 0 saturated carbocycles. The number of carboxylic acid groups (broad SMARTS) is 1. The first kappa shape index (κ1) is 17.0. The standard InChI is InChI=1S/C17H21NO5/c1-2-9-23-14-5-3-13(4-6-14)15(19)18-12-17(16(20)21)7-10-22-11-8-17/h2-6H,1,7-12H2,(H,18,19)(H,20,21). The molecule has 1 aromatic rings. The van der Waals surface area contributed by atoms with E-state index < -0.39 is 11.4 Å². The molecule has 1 fully saturated rings. The number of hydrogen-bond donors (Lipinski definition) is 2. The molecule has 0 unspecified atom stereocenters. The topological polar surface area (TPSA) is 84.9 Å². The SMILES string of the molecule is C=CCOc1ccc(C(=O)NCC2(C(=O)O)CCOCC2)cc1. The van der Waals surface area contributed by atoms with Crippen LogP contribution in [0.3, 0.4) is 0 Å². The van der Waals surface area contributed by atoms with Crippen LogP contribution in [0.25, 0.3) is 0 Å². The Labute approximate surface area is 135 Å². The summed E-state index contributed by atoms with van der Waals surface area (Å²) in [5, 5.41) is 12.2. The summed E-state index contributed by atoms with van der Waals surface area (Å²) in [7, 11) is 0. The van der Waals surface area contributed by atoms with Gasteiger partial charge >= 0.3 is 5.97 Å². The number of hydrogen-bond acceptors (Lipinski definition) is 4. The largest absolute Gasteiger partial charge is 0.490 e. The minimum absolute atomic E-state index is 0.0965. The Bertz CT molecular complexity index is 561. The van der Waals surface area contributed by atoms with Crippen molar-refractivity contribution in [2.24, 2.45) is 5.41 Å². The van der Waals surface area contributed by atoms with E-state index in [1.165, 1.54) is 0 Å². The Morgan fingerprint density at radius 1 is 1.30 bits per heavy atom. The molecule has 1 heterocycles. The minimum atomic E-state index is -0.944. The summed E-state index contributed by atoms with van der Waals surface area (Å²) in [5.74, 6) is -0.547. The highest BCUT2D eigenvalue weighted by Gasteiger charge is 2.40. The Hall–Kier alpha value is -2.34. The lowest BCUT2D eigenvalue weighted by atomic mass is 9.80. The molecule has 1 aliphatic rings. The van der Waals surface area contributed by atoms with Gasteiger partial charge in [-0.3, -0.25) is 9.59 Å². The fourth-order valence-electron chi connectivity index (χ4n) is 2.44. The first-order valence-electron chi connectivity index (χ1n) is 7.50. The molecule has 23 heavy (non-hydrogen) atoms. The first-order valence-corrected chi connectivity index (χ1v) is 7.50. The van der Waals surface area contributed by atoms with E-state index in [4.69, 9.17) is 9.47 Å². The Morgan fingerprint density at radius 2 is 1.96 bits per heavy atom. The number of ether oxygens (including phenoxy) is 2. The van der Waals surface area contributed by atoms with Crippen LogP contribution in [0.2, 0.25) is 0 Å². The van der Waals surface area contributed by atoms with Gasteiger partial charge in [-0.05, 0) is 37.1 Å². The molecule has 2 rings (SSSR count). The molecule has 0 aliphatic carbocycles. The maximum Gasteiger partial charge on any atom is 0.311 e. The molecule has 0 spiro atoms. The average Bonchev–Trinajstić information content (AvgIpc) is 2.59. The highest BCUT2D eigenvalue weighted by Crippen LogP contribution is 2.30. The normalized spacial score (nSPS) is 16.3. The summed E-state index contributed by atoms with van der Waals surface area (Å²) < 4.78 is 10.6. The van der Waals surface area contributed by atoms with Crippen molar-refractivity contribution in [1.29, 1.82) is 0 Å². The van der Waals surface area contributed by atoms with E-state index in [0.29, 0.717) is 44.0 Å². The quantitative estimate of drug-likeness (QED) is 0.749. The second-order valence-corrected chi connectivity index (χ2v) is 5.50. The van der Waals surface area contributed by atoms with Crippen LogP contribution >= 0.6 is 0 Å². The van der Waals surface area contributed by atoms with Crippen LogP contribution in [0, 0.1) is 5.41 Å². The lowest BCUT2D eigenvalue weighted by molar-refractivity contribution is -0.154. The molecule has 6 heteroatoms. The summed E-state index contributed by atoms with van der Waals surface area (Å²) in [5.41, 5.74) is -0.482. The van der Waals surface area contributed by atoms with Crippen LogP contribution in [-0.2, 0) is 9.53 Å². The van der Waals surface area contributed by atoms with Crippen LogP contribution in [0.5, 0.6) is 5.75 Å². The van der Waals surface area contributed by atoms with E-state index in [2.05, 4.69) is 11.9 Å². The monoisotopic (exact) mass is 319 g/mol. The number of amides is 1. The molecular weight excluding hydrogens is 298 g/mol. The molecule has 1 aromatic carbocycles. The average molecular weight is 319 g/mol. The van der Waals surface area contributed by atoms with Gasteiger partial charge in [-0.1, -0.05) is 12.7 Å². The Balaban J connectivity index is 1.95. The highest BCUT2D eigenvalue weighted by molar-refractivity contribution is 5.94. The van der Waals surface area contributed by atoms with Gasteiger partial charge < -0.3 is 19.9 Å². The van der Waals surface area contributed by atoms with Crippen LogP contribution in [0.4, 0.5) is 0 Å². The van der Waals surface area contributed by atoms with Crippen molar-refractivity contribution in [2.45, 2.75) is 12.8 Å². The summed E-state index contributed by atoms with van der Waals surface area (Å²) in [6.45, 7) is 4.86. The number of benzene rings is 1. The Morgan fingerprint density at radius 3 is 2.52 bits per heavy atom. The summed E-state index contributed by atoms with van der Waals surface area (Å²) >= 11 is 0. The van der Waals surface area contributed by atoms with Crippen molar-refractivity contribution in [2.75, 3.05) is 26.4 Å². The number of rotatable bonds is 7. The minimum Gasteiger partial charge on any atom is -0.490 e. The van der Waals surface area contributed by atoms with Crippen molar-refractivity contribution in [3.63, 3.8) is 0 Å². The van der Waals surface area contributed by atoms with Crippen molar-refractivity contribution < 1.29 is 24.2 Å². The van der Waals surface area contributed by atoms with Crippen molar-refractivity contribution >= 4 is 11.9 Å². The second-order valence-electron chi connectivity index (χ2n) is 5.50. The fourth-order valence-corrected chi connectivity index (χ4v) is 2.44. The number of carbonyl (C=O) groups excluding carboxylic acids is 1. The number of nitrogens with one attached hydrogen (secondary N) is 1. The first-order chi connectivity index (χ1) is 11.1. The summed E-state index contributed by atoms with van der Waals surface area (Å²) in [6.07, 6.45) is 2.44. The second kappa shape index (κ2) is 7.78. The zero-order chi connectivity index (χ0) is 16.7. The van der Waals surface area contributed by atoms with Crippen LogP contribution in [-0.4, -0.2) is 43.3 Å². The molecule has 1 saturated heterocycles. The molecule has 0 radical (unpaired) electrons. The number of carboxylic acids is 1. The molecule has 1 aliphatic heterocycles. The van der Waals surface area contributed by atoms with E-state index >= 15 is 0 Å². The van der Waals surface area contributed by atoms with Gasteiger partial charge in [0, 0.05) is 25.3 Å². The zero-order valence-corrected chi connectivity index (χ0v) is 12.9. The molecule has 2 N–H and O–H groups in total. The number of aliphatic carboxylic acids is 1. The van der Waals surface area contributed by atoms with Gasteiger partial charge in [-0.2, -0.15) is 0 Å². The van der Waals surface area contributed by atoms with Crippen LogP contribution in [0.15, 0.2) is 36.9 Å². The lowest BCUT2D eigenvalue weighted by Gasteiger charge is -2.33. The van der Waals surface area contributed by atoms with Crippen molar-refractivity contribution in [1.82, 2.24) is 5.32 Å². The third kappa shape index (κ3) is 4.32. The molecule has 0 atom stereocenters. The van der Waals surface area contributed by atoms with E-state index in [9.17, 15) is 14.7 Å². The molecule has 0 bridgehead atoms. The van der Waals surface area contributed by atoms with Gasteiger partial charge in [-0.25, -0.2) is 0 Å². The molecule has 0 aromatic heterocycles. The zero-order valence-electron chi connectivity index (χ0n) is 12.9. The van der Waals surface area contributed by atoms with E-state index in [0.717, 1.165) is 0 Å². The molecule has 6 nitrogen and oxygen atoms in total. The van der Waals surface area contributed by atoms with Gasteiger partial charge in [0.1, 0.15) is 12.4 Å². The molecule has 1 amide bonds. The number of carbonyl (C=O) groups is 2. The van der Waals surface area contributed by atoms with Gasteiger partial charge in [0.15, 0.2) is 0 Å². The summed E-state index contributed by atoms with van der Waals surface area (Å²) in [4.78, 5) is 23.7. The third-order valence-corrected chi connectivity index (χ3v) is 3.98. The molecule has 124 valence electrons. The Kier molecular flexibility index (Phi) is 5.76. The van der Waals surface area contributed by atoms with Gasteiger partial charge in [0.2, 0.25) is 0 Å². The van der Waals surface area contributed by atoms with E-state index in [-0.39, 0.29) is 12.5 Å². The van der Waals surface area contributed by atoms with Crippen LogP contribution in [0.1, 0.15) is 23.2 Å².